The highest BCUT2D eigenvalue weighted by atomic mass is 79.9. The molecule has 1 aliphatic heterocycles. The van der Waals surface area contributed by atoms with E-state index in [-0.39, 0.29) is 18.0 Å². The molecule has 0 saturated carbocycles. The number of halogens is 2. The van der Waals surface area contributed by atoms with Crippen LogP contribution in [0.3, 0.4) is 0 Å². The van der Waals surface area contributed by atoms with Crippen molar-refractivity contribution in [3.63, 3.8) is 0 Å². The number of para-hydroxylation sites is 1. The van der Waals surface area contributed by atoms with Crippen LogP contribution in [0.2, 0.25) is 0 Å². The molecule has 0 aliphatic carbocycles. The molecule has 98 valence electrons. The van der Waals surface area contributed by atoms with Crippen molar-refractivity contribution in [2.24, 2.45) is 5.73 Å². The van der Waals surface area contributed by atoms with Crippen molar-refractivity contribution in [3.8, 4) is 5.75 Å². The Labute approximate surface area is 119 Å². The lowest BCUT2D eigenvalue weighted by molar-refractivity contribution is 0.161. The Morgan fingerprint density at radius 3 is 2.74 bits per heavy atom. The van der Waals surface area contributed by atoms with Crippen molar-refractivity contribution >= 4 is 15.9 Å². The molecule has 19 heavy (non-hydrogen) atoms. The molecule has 0 amide bonds. The Morgan fingerprint density at radius 1 is 1.16 bits per heavy atom. The summed E-state index contributed by atoms with van der Waals surface area (Å²) in [5.74, 6) is 0.540. The second-order valence-corrected chi connectivity index (χ2v) is 5.51. The largest absolute Gasteiger partial charge is 0.485 e. The fourth-order valence-corrected chi connectivity index (χ4v) is 3.01. The Kier molecular flexibility index (Phi) is 3.29. The number of hydrogen-bond acceptors (Lipinski definition) is 2. The molecule has 2 atom stereocenters. The number of ether oxygens (including phenoxy) is 1. The smallest absolute Gasteiger partial charge is 0.127 e. The molecule has 0 spiro atoms. The third-order valence-corrected chi connectivity index (χ3v) is 4.05. The van der Waals surface area contributed by atoms with E-state index in [0.29, 0.717) is 10.9 Å². The van der Waals surface area contributed by atoms with E-state index in [1.54, 1.807) is 6.07 Å². The van der Waals surface area contributed by atoms with Gasteiger partial charge in [0.25, 0.3) is 0 Å². The fourth-order valence-electron chi connectivity index (χ4n) is 2.41. The predicted molar refractivity (Wildman–Crippen MR) is 75.5 cm³/mol. The van der Waals surface area contributed by atoms with E-state index in [9.17, 15) is 4.39 Å². The molecule has 1 unspecified atom stereocenters. The van der Waals surface area contributed by atoms with Crippen LogP contribution >= 0.6 is 15.9 Å². The van der Waals surface area contributed by atoms with Gasteiger partial charge in [0.15, 0.2) is 0 Å². The van der Waals surface area contributed by atoms with Crippen molar-refractivity contribution in [2.45, 2.75) is 18.6 Å². The minimum atomic E-state index is -0.267. The van der Waals surface area contributed by atoms with Crippen LogP contribution in [0.5, 0.6) is 5.75 Å². The van der Waals surface area contributed by atoms with E-state index in [1.165, 1.54) is 12.1 Å². The normalized spacial score (nSPS) is 21.6. The molecule has 2 nitrogen and oxygen atoms in total. The van der Waals surface area contributed by atoms with E-state index in [1.807, 2.05) is 24.3 Å². The summed E-state index contributed by atoms with van der Waals surface area (Å²) in [7, 11) is 0. The van der Waals surface area contributed by atoms with Gasteiger partial charge in [-0.2, -0.15) is 0 Å². The first-order valence-electron chi connectivity index (χ1n) is 6.11. The summed E-state index contributed by atoms with van der Waals surface area (Å²) in [6.07, 6.45) is 0.529. The van der Waals surface area contributed by atoms with Gasteiger partial charge in [-0.15, -0.1) is 0 Å². The average Bonchev–Trinajstić information content (AvgIpc) is 2.38. The summed E-state index contributed by atoms with van der Waals surface area (Å²) in [4.78, 5) is 0. The lowest BCUT2D eigenvalue weighted by Gasteiger charge is -2.31. The number of rotatable bonds is 1. The zero-order chi connectivity index (χ0) is 13.4. The molecule has 1 aliphatic rings. The Balaban J connectivity index is 1.97. The van der Waals surface area contributed by atoms with Crippen LogP contribution < -0.4 is 10.5 Å². The zero-order valence-corrected chi connectivity index (χ0v) is 11.7. The van der Waals surface area contributed by atoms with Crippen LogP contribution in [0.25, 0.3) is 0 Å². The summed E-state index contributed by atoms with van der Waals surface area (Å²) >= 11 is 3.38. The molecule has 2 N–H and O–H groups in total. The second kappa shape index (κ2) is 4.94. The van der Waals surface area contributed by atoms with E-state index in [2.05, 4.69) is 15.9 Å². The van der Waals surface area contributed by atoms with Gasteiger partial charge in [-0.1, -0.05) is 40.2 Å². The summed E-state index contributed by atoms with van der Waals surface area (Å²) in [5, 5.41) is 0. The van der Waals surface area contributed by atoms with E-state index in [0.717, 1.165) is 16.9 Å². The highest BCUT2D eigenvalue weighted by Gasteiger charge is 2.27. The molecule has 2 aromatic rings. The minimum Gasteiger partial charge on any atom is -0.485 e. The first-order chi connectivity index (χ1) is 9.15. The molecular formula is C15H13BrFNO. The van der Waals surface area contributed by atoms with Gasteiger partial charge in [0.1, 0.15) is 17.7 Å². The summed E-state index contributed by atoms with van der Waals surface area (Å²) in [6.45, 7) is 0. The fraction of sp³-hybridized carbons (Fsp3) is 0.200. The van der Waals surface area contributed by atoms with E-state index < -0.39 is 0 Å². The lowest BCUT2D eigenvalue weighted by atomic mass is 9.94. The average molecular weight is 322 g/mol. The summed E-state index contributed by atoms with van der Waals surface area (Å²) < 4.78 is 19.8. The Hall–Kier alpha value is -1.39. The van der Waals surface area contributed by atoms with E-state index in [4.69, 9.17) is 10.5 Å². The third-order valence-electron chi connectivity index (χ3n) is 3.37. The summed E-state index contributed by atoms with van der Waals surface area (Å²) in [6, 6.07) is 12.3. The van der Waals surface area contributed by atoms with Crippen molar-refractivity contribution in [2.75, 3.05) is 0 Å². The van der Waals surface area contributed by atoms with Crippen molar-refractivity contribution in [1.29, 1.82) is 0 Å². The monoisotopic (exact) mass is 321 g/mol. The second-order valence-electron chi connectivity index (χ2n) is 4.65. The van der Waals surface area contributed by atoms with Gasteiger partial charge < -0.3 is 10.5 Å². The maximum atomic E-state index is 13.1. The van der Waals surface area contributed by atoms with Gasteiger partial charge in [-0.05, 0) is 18.2 Å². The van der Waals surface area contributed by atoms with Crippen LogP contribution in [-0.2, 0) is 0 Å². The van der Waals surface area contributed by atoms with Gasteiger partial charge in [-0.25, -0.2) is 4.39 Å². The number of fused-ring (bicyclic) bond motifs is 1. The quantitative estimate of drug-likeness (QED) is 0.857. The first-order valence-corrected chi connectivity index (χ1v) is 6.90. The SMILES string of the molecule is N[C@@H]1CC(c2ccc(F)cc2Br)Oc2ccccc21. The van der Waals surface area contributed by atoms with Gasteiger partial charge in [0, 0.05) is 28.1 Å². The Morgan fingerprint density at radius 2 is 1.95 bits per heavy atom. The van der Waals surface area contributed by atoms with Gasteiger partial charge in [0.2, 0.25) is 0 Å². The van der Waals surface area contributed by atoms with Gasteiger partial charge >= 0.3 is 0 Å². The molecule has 3 rings (SSSR count). The van der Waals surface area contributed by atoms with Gasteiger partial charge in [0.05, 0.1) is 0 Å². The van der Waals surface area contributed by atoms with Crippen molar-refractivity contribution in [3.05, 3.63) is 63.9 Å². The summed E-state index contributed by atoms with van der Waals surface area (Å²) in [5.41, 5.74) is 8.13. The molecule has 4 heteroatoms. The van der Waals surface area contributed by atoms with Crippen LogP contribution in [0.4, 0.5) is 4.39 Å². The van der Waals surface area contributed by atoms with Crippen molar-refractivity contribution in [1.82, 2.24) is 0 Å². The highest BCUT2D eigenvalue weighted by Crippen LogP contribution is 2.41. The number of hydrogen-bond donors (Lipinski definition) is 1. The molecule has 0 radical (unpaired) electrons. The molecular weight excluding hydrogens is 309 g/mol. The first kappa shape index (κ1) is 12.6. The third kappa shape index (κ3) is 2.38. The molecule has 0 fully saturated rings. The van der Waals surface area contributed by atoms with Crippen LogP contribution in [-0.4, -0.2) is 0 Å². The lowest BCUT2D eigenvalue weighted by Crippen LogP contribution is -2.24. The van der Waals surface area contributed by atoms with Crippen LogP contribution in [0, 0.1) is 5.82 Å². The molecule has 0 saturated heterocycles. The zero-order valence-electron chi connectivity index (χ0n) is 10.1. The minimum absolute atomic E-state index is 0.0631. The standard InChI is InChI=1S/C15H13BrFNO/c16-12-7-9(17)5-6-10(12)15-8-13(18)11-3-1-2-4-14(11)19-15/h1-7,13,15H,8,18H2/t13-,15?/m1/s1. The van der Waals surface area contributed by atoms with Crippen LogP contribution in [0.15, 0.2) is 46.9 Å². The van der Waals surface area contributed by atoms with Gasteiger partial charge in [-0.3, -0.25) is 0 Å². The van der Waals surface area contributed by atoms with Crippen LogP contribution in [0.1, 0.15) is 29.7 Å². The predicted octanol–water partition coefficient (Wildman–Crippen LogP) is 4.11. The Bertz CT molecular complexity index is 617. The molecule has 1 heterocycles. The number of benzene rings is 2. The molecule has 2 aromatic carbocycles. The topological polar surface area (TPSA) is 35.2 Å². The van der Waals surface area contributed by atoms with Crippen molar-refractivity contribution < 1.29 is 9.13 Å². The van der Waals surface area contributed by atoms with E-state index >= 15 is 0 Å². The maximum absolute atomic E-state index is 13.1. The molecule has 0 aromatic heterocycles. The highest BCUT2D eigenvalue weighted by molar-refractivity contribution is 9.10. The number of nitrogens with two attached hydrogens (primary N) is 1. The molecule has 0 bridgehead atoms. The maximum Gasteiger partial charge on any atom is 0.127 e.